The molecule has 35 heavy (non-hydrogen) atoms. The van der Waals surface area contributed by atoms with Crippen LogP contribution in [-0.2, 0) is 4.79 Å². The lowest BCUT2D eigenvalue weighted by Crippen LogP contribution is -2.51. The van der Waals surface area contributed by atoms with E-state index in [-0.39, 0.29) is 22.5 Å². The molecule has 2 fully saturated rings. The van der Waals surface area contributed by atoms with Crippen molar-refractivity contribution in [3.8, 4) is 17.6 Å². The van der Waals surface area contributed by atoms with Gasteiger partial charge in [0.25, 0.3) is 0 Å². The molecular weight excluding hydrogens is 432 g/mol. The number of ether oxygens (including phenoxy) is 1. The Morgan fingerprint density at radius 2 is 1.97 bits per heavy atom. The molecule has 186 valence electrons. The van der Waals surface area contributed by atoms with Gasteiger partial charge in [-0.25, -0.2) is 0 Å². The van der Waals surface area contributed by atoms with E-state index in [2.05, 4.69) is 57.7 Å². The van der Waals surface area contributed by atoms with Crippen LogP contribution in [0.2, 0.25) is 0 Å². The number of hydrogen-bond donors (Lipinski definition) is 1. The third-order valence-electron chi connectivity index (χ3n) is 9.10. The lowest BCUT2D eigenvalue weighted by molar-refractivity contribution is -0.114. The Morgan fingerprint density at radius 1 is 1.17 bits per heavy atom. The van der Waals surface area contributed by atoms with Crippen LogP contribution >= 0.6 is 0 Å². The predicted molar refractivity (Wildman–Crippen MR) is 140 cm³/mol. The van der Waals surface area contributed by atoms with Gasteiger partial charge in [0.1, 0.15) is 11.4 Å². The first-order chi connectivity index (χ1) is 16.5. The van der Waals surface area contributed by atoms with E-state index < -0.39 is 5.60 Å². The van der Waals surface area contributed by atoms with E-state index in [1.807, 2.05) is 19.1 Å². The van der Waals surface area contributed by atoms with Gasteiger partial charge in [0, 0.05) is 23.2 Å². The second kappa shape index (κ2) is 8.67. The molecule has 0 aromatic heterocycles. The number of aliphatic hydroxyl groups is 1. The summed E-state index contributed by atoms with van der Waals surface area (Å²) in [6, 6.07) is 8.55. The van der Waals surface area contributed by atoms with Gasteiger partial charge in [0.2, 0.25) is 0 Å². The molecule has 5 atom stereocenters. The first kappa shape index (κ1) is 24.4. The van der Waals surface area contributed by atoms with Gasteiger partial charge in [-0.05, 0) is 113 Å². The minimum atomic E-state index is -0.977. The Hall–Kier alpha value is -2.31. The zero-order chi connectivity index (χ0) is 25.0. The minimum Gasteiger partial charge on any atom is -0.494 e. The second-order valence-electron chi connectivity index (χ2n) is 12.4. The van der Waals surface area contributed by atoms with Crippen molar-refractivity contribution in [1.82, 2.24) is 0 Å². The first-order valence-corrected chi connectivity index (χ1v) is 13.5. The number of rotatable bonds is 3. The minimum absolute atomic E-state index is 0.142. The number of carbonyl (C=O) groups excluding carboxylic acids is 1. The van der Waals surface area contributed by atoms with Gasteiger partial charge < -0.3 is 9.84 Å². The monoisotopic (exact) mass is 472 g/mol. The molecule has 1 aromatic rings. The quantitative estimate of drug-likeness (QED) is 0.494. The smallest absolute Gasteiger partial charge is 0.156 e. The van der Waals surface area contributed by atoms with Crippen LogP contribution < -0.4 is 4.74 Å². The van der Waals surface area contributed by atoms with Crippen molar-refractivity contribution in [3.05, 3.63) is 52.6 Å². The molecule has 0 unspecified atom stereocenters. The van der Waals surface area contributed by atoms with Crippen LogP contribution in [0.15, 0.2) is 47.1 Å². The van der Waals surface area contributed by atoms with Gasteiger partial charge in [-0.3, -0.25) is 4.79 Å². The van der Waals surface area contributed by atoms with Crippen LogP contribution in [0.3, 0.4) is 0 Å². The maximum absolute atomic E-state index is 12.3. The summed E-state index contributed by atoms with van der Waals surface area (Å²) in [4.78, 5) is 12.3. The van der Waals surface area contributed by atoms with Crippen LogP contribution in [0, 0.1) is 34.5 Å². The fraction of sp³-hybridized carbons (Fsp3) is 0.594. The molecule has 3 heteroatoms. The molecule has 0 radical (unpaired) electrons. The molecule has 0 saturated heterocycles. The largest absolute Gasteiger partial charge is 0.494 e. The lowest BCUT2D eigenvalue weighted by atomic mass is 9.51. The summed E-state index contributed by atoms with van der Waals surface area (Å²) >= 11 is 0. The summed E-state index contributed by atoms with van der Waals surface area (Å²) in [7, 11) is 0. The van der Waals surface area contributed by atoms with Crippen LogP contribution in [0.1, 0.15) is 91.0 Å². The van der Waals surface area contributed by atoms with Gasteiger partial charge in [0.05, 0.1) is 6.61 Å². The second-order valence-corrected chi connectivity index (χ2v) is 12.4. The maximum Gasteiger partial charge on any atom is 0.156 e. The molecule has 0 spiro atoms. The first-order valence-electron chi connectivity index (χ1n) is 13.5. The molecule has 2 saturated carbocycles. The summed E-state index contributed by atoms with van der Waals surface area (Å²) in [6.45, 7) is 11.3. The summed E-state index contributed by atoms with van der Waals surface area (Å²) in [6.07, 6.45) is 8.05. The molecule has 0 bridgehead atoms. The molecule has 1 aromatic carbocycles. The topological polar surface area (TPSA) is 46.5 Å². The van der Waals surface area contributed by atoms with E-state index in [9.17, 15) is 9.90 Å². The van der Waals surface area contributed by atoms with Crippen LogP contribution in [-0.4, -0.2) is 23.1 Å². The highest BCUT2D eigenvalue weighted by Gasteiger charge is 2.62. The van der Waals surface area contributed by atoms with Crippen molar-refractivity contribution in [2.75, 3.05) is 6.61 Å². The number of benzene rings is 1. The Bertz CT molecular complexity index is 1150. The Morgan fingerprint density at radius 3 is 2.71 bits per heavy atom. The van der Waals surface area contributed by atoms with Gasteiger partial charge in [0.15, 0.2) is 5.78 Å². The number of carbonyl (C=O) groups is 1. The molecule has 0 heterocycles. The molecule has 0 aliphatic heterocycles. The molecular formula is C32H40O3. The molecule has 3 nitrogen and oxygen atoms in total. The fourth-order valence-electron chi connectivity index (χ4n) is 7.45. The van der Waals surface area contributed by atoms with E-state index in [4.69, 9.17) is 4.74 Å². The predicted octanol–water partition coefficient (Wildman–Crippen LogP) is 6.77. The normalized spacial score (nSPS) is 34.3. The number of fused-ring (bicyclic) bond motifs is 4. The maximum atomic E-state index is 12.3. The standard InChI is InChI=1S/C32H40O3/c1-6-35-24-9-7-8-21(19-24)27-20-31(5)28(14-15-32(31,34)17-16-30(2,3)4)26-12-10-22-18-23(33)11-13-25(22)29(26)27/h7-9,18-19,26-28,34H,6,10-15,20H2,1-5H3/t26-,27+,28-,31-,32+/m0/s1. The summed E-state index contributed by atoms with van der Waals surface area (Å²) in [5.74, 6) is 9.01. The van der Waals surface area contributed by atoms with Crippen molar-refractivity contribution < 1.29 is 14.6 Å². The third kappa shape index (κ3) is 4.19. The van der Waals surface area contributed by atoms with Gasteiger partial charge in [-0.1, -0.05) is 36.5 Å². The zero-order valence-electron chi connectivity index (χ0n) is 22.0. The van der Waals surface area contributed by atoms with E-state index in [1.54, 1.807) is 5.57 Å². The Labute approximate surface area is 211 Å². The average Bonchev–Trinajstić information content (AvgIpc) is 3.07. The number of allylic oxidation sites excluding steroid dienone is 4. The molecule has 1 N–H and O–H groups in total. The van der Waals surface area contributed by atoms with E-state index >= 15 is 0 Å². The van der Waals surface area contributed by atoms with Crippen molar-refractivity contribution in [1.29, 1.82) is 0 Å². The van der Waals surface area contributed by atoms with Crippen molar-refractivity contribution in [2.45, 2.75) is 91.1 Å². The lowest BCUT2D eigenvalue weighted by Gasteiger charge is -2.53. The third-order valence-corrected chi connectivity index (χ3v) is 9.10. The molecule has 0 amide bonds. The summed E-state index contributed by atoms with van der Waals surface area (Å²) < 4.78 is 5.88. The highest BCUT2D eigenvalue weighted by Crippen LogP contribution is 2.66. The molecule has 4 aliphatic rings. The van der Waals surface area contributed by atoms with Crippen LogP contribution in [0.25, 0.3) is 0 Å². The van der Waals surface area contributed by atoms with Crippen molar-refractivity contribution in [3.63, 3.8) is 0 Å². The Kier molecular flexibility index (Phi) is 6.04. The summed E-state index contributed by atoms with van der Waals surface area (Å²) in [5.41, 5.74) is 4.11. The number of hydrogen-bond acceptors (Lipinski definition) is 3. The SMILES string of the molecule is CCOc1cccc([C@H]2C[C@@]3(C)[C@@H](CC[C@@]3(O)C#CC(C)(C)C)[C@@H]3CCC4=CC(=O)CCC4=C32)c1. The van der Waals surface area contributed by atoms with Gasteiger partial charge in [-0.2, -0.15) is 0 Å². The van der Waals surface area contributed by atoms with E-state index in [0.717, 1.165) is 44.3 Å². The summed E-state index contributed by atoms with van der Waals surface area (Å²) in [5, 5.41) is 12.1. The Balaban J connectivity index is 1.66. The highest BCUT2D eigenvalue weighted by molar-refractivity contribution is 5.93. The van der Waals surface area contributed by atoms with Crippen molar-refractivity contribution in [2.24, 2.45) is 22.7 Å². The van der Waals surface area contributed by atoms with E-state index in [0.29, 0.717) is 24.9 Å². The van der Waals surface area contributed by atoms with Crippen molar-refractivity contribution >= 4 is 5.78 Å². The fourth-order valence-corrected chi connectivity index (χ4v) is 7.45. The van der Waals surface area contributed by atoms with Crippen LogP contribution in [0.4, 0.5) is 0 Å². The molecule has 4 aliphatic carbocycles. The van der Waals surface area contributed by atoms with Crippen LogP contribution in [0.5, 0.6) is 5.75 Å². The number of ketones is 1. The molecule has 5 rings (SSSR count). The van der Waals surface area contributed by atoms with E-state index in [1.165, 1.54) is 16.7 Å². The van der Waals surface area contributed by atoms with Gasteiger partial charge in [-0.15, -0.1) is 0 Å². The average molecular weight is 473 g/mol. The van der Waals surface area contributed by atoms with Gasteiger partial charge >= 0.3 is 0 Å². The zero-order valence-corrected chi connectivity index (χ0v) is 22.0. The highest BCUT2D eigenvalue weighted by atomic mass is 16.5.